The van der Waals surface area contributed by atoms with E-state index in [9.17, 15) is 5.11 Å². The summed E-state index contributed by atoms with van der Waals surface area (Å²) in [5.41, 5.74) is 3.70. The molecule has 0 radical (unpaired) electrons. The average molecular weight is 492 g/mol. The van der Waals surface area contributed by atoms with Crippen molar-refractivity contribution in [1.82, 2.24) is 19.5 Å². The van der Waals surface area contributed by atoms with Gasteiger partial charge in [-0.3, -0.25) is 4.90 Å². The van der Waals surface area contributed by atoms with Crippen molar-refractivity contribution in [2.24, 2.45) is 0 Å². The molecule has 1 atom stereocenters. The van der Waals surface area contributed by atoms with Crippen molar-refractivity contribution in [3.8, 4) is 11.6 Å². The third kappa shape index (κ3) is 4.60. The Labute approximate surface area is 210 Å². The van der Waals surface area contributed by atoms with Crippen LogP contribution in [0.4, 0.5) is 5.69 Å². The number of benzene rings is 2. The second-order valence-electron chi connectivity index (χ2n) is 9.31. The van der Waals surface area contributed by atoms with Gasteiger partial charge in [0.1, 0.15) is 5.75 Å². The minimum absolute atomic E-state index is 0.0483. The Kier molecular flexibility index (Phi) is 6.67. The van der Waals surface area contributed by atoms with Gasteiger partial charge in [-0.25, -0.2) is 4.98 Å². The number of aromatic hydroxyl groups is 1. The lowest BCUT2D eigenvalue weighted by Crippen LogP contribution is -2.47. The molecule has 0 bridgehead atoms. The number of rotatable bonds is 7. The Balaban J connectivity index is 1.45. The quantitative estimate of drug-likeness (QED) is 0.388. The first kappa shape index (κ1) is 23.6. The maximum Gasteiger partial charge on any atom is 0.230 e. The highest BCUT2D eigenvalue weighted by Gasteiger charge is 2.32. The first-order valence-corrected chi connectivity index (χ1v) is 13.1. The van der Waals surface area contributed by atoms with Gasteiger partial charge in [0, 0.05) is 38.3 Å². The number of methoxy groups -OCH3 is 1. The van der Waals surface area contributed by atoms with E-state index >= 15 is 0 Å². The average Bonchev–Trinajstić information content (AvgIpc) is 3.44. The van der Waals surface area contributed by atoms with Crippen LogP contribution in [-0.4, -0.2) is 57.9 Å². The van der Waals surface area contributed by atoms with Crippen molar-refractivity contribution in [2.75, 3.05) is 38.2 Å². The van der Waals surface area contributed by atoms with E-state index in [4.69, 9.17) is 4.74 Å². The molecule has 5 rings (SSSR count). The van der Waals surface area contributed by atoms with E-state index in [1.165, 1.54) is 28.2 Å². The SMILES string of the molecule is CCc1nc2sc(C(c3ccc(C(C)C)cc3)N3CCN(c4ccc(OC)cc4)CC3)c(O)n2n1. The van der Waals surface area contributed by atoms with Crippen molar-refractivity contribution < 1.29 is 9.84 Å². The van der Waals surface area contributed by atoms with Gasteiger partial charge < -0.3 is 14.7 Å². The molecule has 0 spiro atoms. The van der Waals surface area contributed by atoms with Gasteiger partial charge in [0.05, 0.1) is 18.0 Å². The van der Waals surface area contributed by atoms with Crippen molar-refractivity contribution >= 4 is 22.0 Å². The van der Waals surface area contributed by atoms with E-state index in [-0.39, 0.29) is 11.9 Å². The number of aryl methyl sites for hydroxylation is 1. The number of fused-ring (bicyclic) bond motifs is 1. The molecule has 2 aromatic carbocycles. The number of piperazine rings is 1. The first-order chi connectivity index (χ1) is 17.0. The predicted molar refractivity (Wildman–Crippen MR) is 141 cm³/mol. The molecule has 1 N–H and O–H groups in total. The van der Waals surface area contributed by atoms with Crippen LogP contribution < -0.4 is 9.64 Å². The second kappa shape index (κ2) is 9.87. The molecule has 0 aliphatic carbocycles. The molecule has 0 saturated carbocycles. The van der Waals surface area contributed by atoms with E-state index in [1.807, 2.05) is 19.1 Å². The molecule has 3 heterocycles. The van der Waals surface area contributed by atoms with Crippen LogP contribution >= 0.6 is 11.3 Å². The van der Waals surface area contributed by atoms with Crippen LogP contribution in [0.5, 0.6) is 11.6 Å². The van der Waals surface area contributed by atoms with Crippen molar-refractivity contribution in [3.63, 3.8) is 0 Å². The molecule has 1 aliphatic heterocycles. The number of thiazole rings is 1. The fourth-order valence-electron chi connectivity index (χ4n) is 4.74. The minimum atomic E-state index is -0.0483. The smallest absolute Gasteiger partial charge is 0.230 e. The first-order valence-electron chi connectivity index (χ1n) is 12.3. The van der Waals surface area contributed by atoms with E-state index in [0.717, 1.165) is 54.0 Å². The van der Waals surface area contributed by atoms with E-state index < -0.39 is 0 Å². The summed E-state index contributed by atoms with van der Waals surface area (Å²) < 4.78 is 6.91. The van der Waals surface area contributed by atoms with Crippen molar-refractivity contribution in [2.45, 2.75) is 39.2 Å². The maximum atomic E-state index is 11.2. The summed E-state index contributed by atoms with van der Waals surface area (Å²) in [6.45, 7) is 10.0. The number of aromatic nitrogens is 3. The lowest BCUT2D eigenvalue weighted by atomic mass is 9.97. The van der Waals surface area contributed by atoms with E-state index in [1.54, 1.807) is 11.6 Å². The van der Waals surface area contributed by atoms with E-state index in [0.29, 0.717) is 5.92 Å². The normalized spacial score (nSPS) is 15.7. The van der Waals surface area contributed by atoms with Crippen molar-refractivity contribution in [1.29, 1.82) is 0 Å². The Morgan fingerprint density at radius 3 is 2.20 bits per heavy atom. The fourth-order valence-corrected chi connectivity index (χ4v) is 5.88. The molecule has 184 valence electrons. The molecule has 8 heteroatoms. The molecule has 4 aromatic rings. The standard InChI is InChI=1S/C27H33N5O2S/c1-5-23-28-27-32(29-23)26(33)25(35-27)24(20-8-6-19(7-9-20)18(2)3)31-16-14-30(15-17-31)21-10-12-22(34-4)13-11-21/h6-13,18,24,33H,5,14-17H2,1-4H3. The molecule has 0 amide bonds. The summed E-state index contributed by atoms with van der Waals surface area (Å²) in [5.74, 6) is 2.30. The number of ether oxygens (including phenoxy) is 1. The van der Waals surface area contributed by atoms with Gasteiger partial charge in [0.2, 0.25) is 10.8 Å². The number of hydrogen-bond donors (Lipinski definition) is 1. The van der Waals surface area contributed by atoms with Gasteiger partial charge in [-0.1, -0.05) is 56.4 Å². The van der Waals surface area contributed by atoms with Gasteiger partial charge in [-0.2, -0.15) is 4.52 Å². The zero-order chi connectivity index (χ0) is 24.5. The van der Waals surface area contributed by atoms with Crippen LogP contribution in [0.25, 0.3) is 4.96 Å². The van der Waals surface area contributed by atoms with Gasteiger partial charge in [-0.05, 0) is 41.3 Å². The largest absolute Gasteiger partial charge is 0.497 e. The number of hydrogen-bond acceptors (Lipinski definition) is 7. The molecule has 1 unspecified atom stereocenters. The van der Waals surface area contributed by atoms with E-state index in [2.05, 4.69) is 70.1 Å². The van der Waals surface area contributed by atoms with Crippen LogP contribution in [0.1, 0.15) is 54.6 Å². The van der Waals surface area contributed by atoms with Gasteiger partial charge in [0.25, 0.3) is 0 Å². The third-order valence-electron chi connectivity index (χ3n) is 6.84. The molecular weight excluding hydrogens is 458 g/mol. The highest BCUT2D eigenvalue weighted by atomic mass is 32.1. The monoisotopic (exact) mass is 491 g/mol. The second-order valence-corrected chi connectivity index (χ2v) is 10.3. The zero-order valence-corrected chi connectivity index (χ0v) is 21.6. The minimum Gasteiger partial charge on any atom is -0.497 e. The van der Waals surface area contributed by atoms with Gasteiger partial charge in [-0.15, -0.1) is 5.10 Å². The Hall–Kier alpha value is -3.10. The summed E-state index contributed by atoms with van der Waals surface area (Å²) in [6.07, 6.45) is 0.747. The number of anilines is 1. The summed E-state index contributed by atoms with van der Waals surface area (Å²) in [7, 11) is 1.69. The van der Waals surface area contributed by atoms with Crippen LogP contribution in [0.15, 0.2) is 48.5 Å². The zero-order valence-electron chi connectivity index (χ0n) is 20.8. The summed E-state index contributed by atoms with van der Waals surface area (Å²) in [5, 5.41) is 15.7. The molecule has 1 saturated heterocycles. The van der Waals surface area contributed by atoms with Crippen LogP contribution in [0, 0.1) is 0 Å². The highest BCUT2D eigenvalue weighted by molar-refractivity contribution is 7.17. The van der Waals surface area contributed by atoms with Crippen LogP contribution in [-0.2, 0) is 6.42 Å². The molecule has 1 aliphatic rings. The fraction of sp³-hybridized carbons (Fsp3) is 0.407. The molecular formula is C27H33N5O2S. The summed E-state index contributed by atoms with van der Waals surface area (Å²) in [6, 6.07) is 17.1. The molecule has 35 heavy (non-hydrogen) atoms. The van der Waals surface area contributed by atoms with Gasteiger partial charge >= 0.3 is 0 Å². The maximum absolute atomic E-state index is 11.2. The Morgan fingerprint density at radius 1 is 0.971 bits per heavy atom. The Morgan fingerprint density at radius 2 is 1.63 bits per heavy atom. The van der Waals surface area contributed by atoms with Crippen LogP contribution in [0.2, 0.25) is 0 Å². The topological polar surface area (TPSA) is 66.1 Å². The molecule has 7 nitrogen and oxygen atoms in total. The predicted octanol–water partition coefficient (Wildman–Crippen LogP) is 5.10. The third-order valence-corrected chi connectivity index (χ3v) is 7.92. The summed E-state index contributed by atoms with van der Waals surface area (Å²) in [4.78, 5) is 11.1. The molecule has 1 fully saturated rings. The number of nitrogens with zero attached hydrogens (tertiary/aromatic N) is 5. The Bertz CT molecular complexity index is 1270. The summed E-state index contributed by atoms with van der Waals surface area (Å²) >= 11 is 1.54. The highest BCUT2D eigenvalue weighted by Crippen LogP contribution is 2.40. The van der Waals surface area contributed by atoms with Crippen LogP contribution in [0.3, 0.4) is 0 Å². The van der Waals surface area contributed by atoms with Gasteiger partial charge in [0.15, 0.2) is 5.82 Å². The molecule has 2 aromatic heterocycles. The van der Waals surface area contributed by atoms with Crippen molar-refractivity contribution in [3.05, 3.63) is 70.4 Å². The lowest BCUT2D eigenvalue weighted by molar-refractivity contribution is 0.211. The lowest BCUT2D eigenvalue weighted by Gasteiger charge is -2.40.